The zero-order valence-corrected chi connectivity index (χ0v) is 10.6. The third-order valence-electron chi connectivity index (χ3n) is 2.65. The maximum Gasteiger partial charge on any atom is 0.200 e. The van der Waals surface area contributed by atoms with E-state index in [1.54, 1.807) is 0 Å². The lowest BCUT2D eigenvalue weighted by Crippen LogP contribution is -2.00. The van der Waals surface area contributed by atoms with Crippen molar-refractivity contribution in [1.82, 2.24) is 0 Å². The molecule has 2 aromatic carbocycles. The molecule has 0 unspecified atom stereocenters. The first-order chi connectivity index (χ1) is 10.3. The van der Waals surface area contributed by atoms with Gasteiger partial charge in [-0.1, -0.05) is 6.07 Å². The minimum atomic E-state index is -2.28. The molecule has 2 N–H and O–H groups in total. The van der Waals surface area contributed by atoms with Crippen molar-refractivity contribution in [3.63, 3.8) is 0 Å². The fourth-order valence-electron chi connectivity index (χ4n) is 1.54. The minimum Gasteiger partial charge on any atom is -0.504 e. The molecule has 9 heteroatoms. The van der Waals surface area contributed by atoms with Gasteiger partial charge in [0.1, 0.15) is 0 Å². The van der Waals surface area contributed by atoms with Gasteiger partial charge in [-0.3, -0.25) is 0 Å². The smallest absolute Gasteiger partial charge is 0.200 e. The lowest BCUT2D eigenvalue weighted by Gasteiger charge is -2.03. The Morgan fingerprint density at radius 1 is 0.773 bits per heavy atom. The molecule has 2 aromatic rings. The summed E-state index contributed by atoms with van der Waals surface area (Å²) < 4.78 is 65.3. The first kappa shape index (κ1) is 15.7. The summed E-state index contributed by atoms with van der Waals surface area (Å²) in [5.74, 6) is -11.5. The summed E-state index contributed by atoms with van der Waals surface area (Å²) in [6, 6.07) is 3.57. The molecule has 0 aliphatic carbocycles. The predicted molar refractivity (Wildman–Crippen MR) is 64.2 cm³/mol. The Balaban J connectivity index is 2.29. The molecule has 0 aliphatic rings. The molecule has 0 fully saturated rings. The zero-order valence-electron chi connectivity index (χ0n) is 10.6. The monoisotopic (exact) mass is 318 g/mol. The first-order valence-electron chi connectivity index (χ1n) is 5.72. The van der Waals surface area contributed by atoms with Gasteiger partial charge < -0.3 is 10.2 Å². The number of nitrogens with zero attached hydrogens (tertiary/aromatic N) is 2. The van der Waals surface area contributed by atoms with Gasteiger partial charge in [-0.25, -0.2) is 22.0 Å². The van der Waals surface area contributed by atoms with Crippen molar-refractivity contribution in [3.05, 3.63) is 52.8 Å². The highest BCUT2D eigenvalue weighted by molar-refractivity contribution is 5.42. The molecule has 0 spiro atoms. The Kier molecular flexibility index (Phi) is 4.25. The second-order valence-electron chi connectivity index (χ2n) is 4.14. The van der Waals surface area contributed by atoms with Crippen molar-refractivity contribution >= 4 is 5.69 Å². The standard InChI is InChI=1S/C13H7F5N2O2/c14-8-9(15)11(17)13(12(18)10(8)16)20-19-4-5-1-2-6(21)7(22)3-5/h1-3,21-22H,4H2. The Morgan fingerprint density at radius 2 is 1.32 bits per heavy atom. The van der Waals surface area contributed by atoms with Gasteiger partial charge in [0.15, 0.2) is 40.5 Å². The number of phenols is 2. The van der Waals surface area contributed by atoms with Gasteiger partial charge >= 0.3 is 0 Å². The van der Waals surface area contributed by atoms with Crippen molar-refractivity contribution in [1.29, 1.82) is 0 Å². The van der Waals surface area contributed by atoms with E-state index in [-0.39, 0.29) is 12.3 Å². The topological polar surface area (TPSA) is 65.2 Å². The molecule has 22 heavy (non-hydrogen) atoms. The number of benzene rings is 2. The maximum atomic E-state index is 13.3. The van der Waals surface area contributed by atoms with Crippen molar-refractivity contribution < 1.29 is 32.2 Å². The first-order valence-corrected chi connectivity index (χ1v) is 5.72. The highest BCUT2D eigenvalue weighted by Crippen LogP contribution is 2.30. The van der Waals surface area contributed by atoms with Crippen LogP contribution in [0.2, 0.25) is 0 Å². The SMILES string of the molecule is Oc1ccc(CN=Nc2c(F)c(F)c(F)c(F)c2F)cc1O. The fourth-order valence-corrected chi connectivity index (χ4v) is 1.54. The fraction of sp³-hybridized carbons (Fsp3) is 0.0769. The molecule has 0 heterocycles. The second kappa shape index (κ2) is 5.96. The van der Waals surface area contributed by atoms with Crippen molar-refractivity contribution in [3.8, 4) is 11.5 Å². The number of rotatable bonds is 3. The molecular weight excluding hydrogens is 311 g/mol. The lowest BCUT2D eigenvalue weighted by molar-refractivity contribution is 0.380. The molecule has 0 amide bonds. The number of hydrogen-bond donors (Lipinski definition) is 2. The van der Waals surface area contributed by atoms with Crippen LogP contribution in [0.1, 0.15) is 5.56 Å². The predicted octanol–water partition coefficient (Wildman–Crippen LogP) is 4.08. The maximum absolute atomic E-state index is 13.3. The highest BCUT2D eigenvalue weighted by Gasteiger charge is 2.25. The van der Waals surface area contributed by atoms with Crippen LogP contribution < -0.4 is 0 Å². The summed E-state index contributed by atoms with van der Waals surface area (Å²) >= 11 is 0. The molecule has 0 atom stereocenters. The van der Waals surface area contributed by atoms with Gasteiger partial charge in [-0.05, 0) is 17.7 Å². The van der Waals surface area contributed by atoms with Gasteiger partial charge in [-0.2, -0.15) is 5.11 Å². The molecule has 0 saturated heterocycles. The number of azo groups is 1. The molecule has 4 nitrogen and oxygen atoms in total. The van der Waals surface area contributed by atoms with Crippen molar-refractivity contribution in [2.24, 2.45) is 10.2 Å². The van der Waals surface area contributed by atoms with E-state index in [0.29, 0.717) is 5.56 Å². The zero-order chi connectivity index (χ0) is 16.4. The van der Waals surface area contributed by atoms with Gasteiger partial charge in [0.25, 0.3) is 0 Å². The summed E-state index contributed by atoms with van der Waals surface area (Å²) in [7, 11) is 0. The van der Waals surface area contributed by atoms with Gasteiger partial charge in [0.2, 0.25) is 5.82 Å². The molecule has 0 aliphatic heterocycles. The summed E-state index contributed by atoms with van der Waals surface area (Å²) in [5.41, 5.74) is -1.11. The van der Waals surface area contributed by atoms with Crippen molar-refractivity contribution in [2.75, 3.05) is 0 Å². The third-order valence-corrected chi connectivity index (χ3v) is 2.65. The van der Waals surface area contributed by atoms with Crippen LogP contribution in [0.15, 0.2) is 28.4 Å². The van der Waals surface area contributed by atoms with Crippen LogP contribution in [-0.2, 0) is 6.54 Å². The summed E-state index contributed by atoms with van der Waals surface area (Å²) in [6.45, 7) is -0.312. The van der Waals surface area contributed by atoms with E-state index in [4.69, 9.17) is 5.11 Å². The number of aromatic hydroxyl groups is 2. The lowest BCUT2D eigenvalue weighted by atomic mass is 10.2. The highest BCUT2D eigenvalue weighted by atomic mass is 19.2. The van der Waals surface area contributed by atoms with E-state index in [1.165, 1.54) is 6.07 Å². The van der Waals surface area contributed by atoms with Crippen LogP contribution in [-0.4, -0.2) is 10.2 Å². The normalized spacial score (nSPS) is 11.3. The quantitative estimate of drug-likeness (QED) is 0.294. The Labute approximate surface area is 120 Å². The van der Waals surface area contributed by atoms with Crippen LogP contribution in [0.4, 0.5) is 27.6 Å². The molecule has 0 aromatic heterocycles. The van der Waals surface area contributed by atoms with Crippen LogP contribution >= 0.6 is 0 Å². The van der Waals surface area contributed by atoms with E-state index in [2.05, 4.69) is 10.2 Å². The summed E-state index contributed by atoms with van der Waals surface area (Å²) in [5, 5.41) is 24.6. The van der Waals surface area contributed by atoms with E-state index >= 15 is 0 Å². The number of phenolic OH excluding ortho intramolecular Hbond substituents is 2. The van der Waals surface area contributed by atoms with E-state index in [1.807, 2.05) is 0 Å². The van der Waals surface area contributed by atoms with Crippen molar-refractivity contribution in [2.45, 2.75) is 6.54 Å². The Morgan fingerprint density at radius 3 is 1.86 bits per heavy atom. The van der Waals surface area contributed by atoms with E-state index < -0.39 is 40.5 Å². The largest absolute Gasteiger partial charge is 0.504 e. The van der Waals surface area contributed by atoms with Gasteiger partial charge in [0, 0.05) is 0 Å². The van der Waals surface area contributed by atoms with Crippen LogP contribution in [0.5, 0.6) is 11.5 Å². The average Bonchev–Trinajstić information content (AvgIpc) is 2.50. The van der Waals surface area contributed by atoms with Crippen LogP contribution in [0.3, 0.4) is 0 Å². The molecule has 0 saturated carbocycles. The molecule has 2 rings (SSSR count). The van der Waals surface area contributed by atoms with Crippen LogP contribution in [0.25, 0.3) is 0 Å². The Bertz CT molecular complexity index is 736. The summed E-state index contributed by atoms with van der Waals surface area (Å²) in [4.78, 5) is 0. The molecular formula is C13H7F5N2O2. The van der Waals surface area contributed by atoms with Gasteiger partial charge in [0.05, 0.1) is 6.54 Å². The number of halogens is 5. The molecule has 116 valence electrons. The molecule has 0 bridgehead atoms. The second-order valence-corrected chi connectivity index (χ2v) is 4.14. The van der Waals surface area contributed by atoms with Crippen LogP contribution in [0, 0.1) is 29.1 Å². The number of hydrogen-bond acceptors (Lipinski definition) is 4. The van der Waals surface area contributed by atoms with E-state index in [9.17, 15) is 27.1 Å². The Hall–Kier alpha value is -2.71. The summed E-state index contributed by atoms with van der Waals surface area (Å²) in [6.07, 6.45) is 0. The molecule has 0 radical (unpaired) electrons. The van der Waals surface area contributed by atoms with E-state index in [0.717, 1.165) is 12.1 Å². The average molecular weight is 318 g/mol. The minimum absolute atomic E-state index is 0.294. The van der Waals surface area contributed by atoms with Gasteiger partial charge in [-0.15, -0.1) is 5.11 Å². The third kappa shape index (κ3) is 2.83.